The fraction of sp³-hybridized carbons (Fsp3) is 0.0714. The molecule has 3 aromatic rings. The van der Waals surface area contributed by atoms with E-state index in [1.807, 2.05) is 30.3 Å². The second-order valence-corrected chi connectivity index (χ2v) is 4.26. The molecule has 0 aliphatic rings. The predicted octanol–water partition coefficient (Wildman–Crippen LogP) is 1.42. The molecular weight excluding hydrogens is 240 g/mol. The van der Waals surface area contributed by atoms with Gasteiger partial charge in [-0.2, -0.15) is 0 Å². The highest BCUT2D eigenvalue weighted by Gasteiger charge is 2.05. The number of nitrogens with two attached hydrogens (primary N) is 1. The molecule has 0 amide bonds. The summed E-state index contributed by atoms with van der Waals surface area (Å²) in [6, 6.07) is 11.4. The molecule has 2 N–H and O–H groups in total. The van der Waals surface area contributed by atoms with Crippen LogP contribution in [0.5, 0.6) is 0 Å². The van der Waals surface area contributed by atoms with Crippen LogP contribution < -0.4 is 11.4 Å². The van der Waals surface area contributed by atoms with Crippen molar-refractivity contribution < 1.29 is 0 Å². The molecule has 0 aliphatic carbocycles. The Bertz CT molecular complexity index is 795. The van der Waals surface area contributed by atoms with Gasteiger partial charge in [0.15, 0.2) is 0 Å². The largest absolute Gasteiger partial charge is 0.383 e. The van der Waals surface area contributed by atoms with E-state index < -0.39 is 0 Å². The lowest BCUT2D eigenvalue weighted by Crippen LogP contribution is -2.22. The van der Waals surface area contributed by atoms with Crippen molar-refractivity contribution in [3.63, 3.8) is 0 Å². The van der Waals surface area contributed by atoms with Gasteiger partial charge in [0.1, 0.15) is 5.82 Å². The highest BCUT2D eigenvalue weighted by molar-refractivity contribution is 5.81. The van der Waals surface area contributed by atoms with Crippen LogP contribution in [0.3, 0.4) is 0 Å². The summed E-state index contributed by atoms with van der Waals surface area (Å²) in [4.78, 5) is 19.6. The van der Waals surface area contributed by atoms with Crippen LogP contribution in [0.1, 0.15) is 5.56 Å². The van der Waals surface area contributed by atoms with Crippen molar-refractivity contribution in [1.82, 2.24) is 14.5 Å². The molecular formula is C14H12N4O. The summed E-state index contributed by atoms with van der Waals surface area (Å²) < 4.78 is 1.50. The number of benzene rings is 1. The smallest absolute Gasteiger partial charge is 0.347 e. The maximum atomic E-state index is 11.6. The maximum Gasteiger partial charge on any atom is 0.347 e. The van der Waals surface area contributed by atoms with Gasteiger partial charge in [-0.3, -0.25) is 4.57 Å². The fourth-order valence-corrected chi connectivity index (χ4v) is 1.99. The summed E-state index contributed by atoms with van der Waals surface area (Å²) in [5.41, 5.74) is 7.30. The first kappa shape index (κ1) is 11.4. The molecule has 0 unspecified atom stereocenters. The third-order valence-corrected chi connectivity index (χ3v) is 2.96. The minimum atomic E-state index is -0.296. The molecule has 5 heteroatoms. The summed E-state index contributed by atoms with van der Waals surface area (Å²) in [5.74, 6) is 0.439. The third-order valence-electron chi connectivity index (χ3n) is 2.96. The van der Waals surface area contributed by atoms with E-state index in [1.165, 1.54) is 10.8 Å². The van der Waals surface area contributed by atoms with Gasteiger partial charge in [-0.1, -0.05) is 18.2 Å². The van der Waals surface area contributed by atoms with Crippen LogP contribution in [-0.2, 0) is 6.54 Å². The van der Waals surface area contributed by atoms with Gasteiger partial charge in [0.25, 0.3) is 0 Å². The van der Waals surface area contributed by atoms with Gasteiger partial charge in [0.2, 0.25) is 0 Å². The molecule has 5 nitrogen and oxygen atoms in total. The number of hydrogen-bond donors (Lipinski definition) is 1. The van der Waals surface area contributed by atoms with E-state index in [4.69, 9.17) is 5.73 Å². The number of para-hydroxylation sites is 1. The quantitative estimate of drug-likeness (QED) is 0.748. The average Bonchev–Trinajstić information content (AvgIpc) is 2.42. The topological polar surface area (TPSA) is 73.8 Å². The molecule has 19 heavy (non-hydrogen) atoms. The first-order valence-corrected chi connectivity index (χ1v) is 5.89. The standard InChI is InChI=1S/C14H12N4O/c15-13-11(9-18-7-3-6-16-14(18)19)8-10-4-1-2-5-12(10)17-13/h1-8H,9H2,(H2,15,17). The Labute approximate surface area is 109 Å². The Kier molecular flexibility index (Phi) is 2.72. The van der Waals surface area contributed by atoms with E-state index in [0.717, 1.165) is 16.5 Å². The van der Waals surface area contributed by atoms with Crippen molar-refractivity contribution in [3.8, 4) is 0 Å². The number of pyridine rings is 1. The zero-order chi connectivity index (χ0) is 13.2. The van der Waals surface area contributed by atoms with Gasteiger partial charge in [0.05, 0.1) is 12.1 Å². The zero-order valence-electron chi connectivity index (χ0n) is 10.2. The van der Waals surface area contributed by atoms with Crippen LogP contribution in [0.2, 0.25) is 0 Å². The predicted molar refractivity (Wildman–Crippen MR) is 73.8 cm³/mol. The van der Waals surface area contributed by atoms with Crippen LogP contribution in [-0.4, -0.2) is 14.5 Å². The van der Waals surface area contributed by atoms with Crippen molar-refractivity contribution in [2.24, 2.45) is 0 Å². The molecule has 94 valence electrons. The number of aromatic nitrogens is 3. The van der Waals surface area contributed by atoms with Gasteiger partial charge in [-0.05, 0) is 18.2 Å². The lowest BCUT2D eigenvalue weighted by atomic mass is 10.1. The monoisotopic (exact) mass is 252 g/mol. The summed E-state index contributed by atoms with van der Waals surface area (Å²) in [6.07, 6.45) is 3.16. The van der Waals surface area contributed by atoms with Gasteiger partial charge in [-0.15, -0.1) is 0 Å². The lowest BCUT2D eigenvalue weighted by molar-refractivity contribution is 0.727. The van der Waals surface area contributed by atoms with Gasteiger partial charge >= 0.3 is 5.69 Å². The van der Waals surface area contributed by atoms with Crippen molar-refractivity contribution in [3.05, 3.63) is 64.8 Å². The Morgan fingerprint density at radius 1 is 1.21 bits per heavy atom. The molecule has 0 fully saturated rings. The number of rotatable bonds is 2. The molecule has 2 heterocycles. The Morgan fingerprint density at radius 3 is 2.89 bits per heavy atom. The number of hydrogen-bond acceptors (Lipinski definition) is 4. The molecule has 0 atom stereocenters. The van der Waals surface area contributed by atoms with E-state index in [9.17, 15) is 4.79 Å². The van der Waals surface area contributed by atoms with Crippen LogP contribution in [0, 0.1) is 0 Å². The summed E-state index contributed by atoms with van der Waals surface area (Å²) >= 11 is 0. The minimum Gasteiger partial charge on any atom is -0.383 e. The van der Waals surface area contributed by atoms with E-state index in [-0.39, 0.29) is 5.69 Å². The van der Waals surface area contributed by atoms with Crippen molar-refractivity contribution >= 4 is 16.7 Å². The van der Waals surface area contributed by atoms with Crippen molar-refractivity contribution in [2.45, 2.75) is 6.54 Å². The van der Waals surface area contributed by atoms with E-state index >= 15 is 0 Å². The molecule has 0 bridgehead atoms. The highest BCUT2D eigenvalue weighted by atomic mass is 16.1. The Balaban J connectivity index is 2.08. The normalized spacial score (nSPS) is 10.7. The van der Waals surface area contributed by atoms with Crippen molar-refractivity contribution in [2.75, 3.05) is 5.73 Å². The summed E-state index contributed by atoms with van der Waals surface area (Å²) in [7, 11) is 0. The van der Waals surface area contributed by atoms with Gasteiger partial charge in [-0.25, -0.2) is 14.8 Å². The molecule has 0 spiro atoms. The average molecular weight is 252 g/mol. The molecule has 3 rings (SSSR count). The molecule has 0 radical (unpaired) electrons. The van der Waals surface area contributed by atoms with E-state index in [0.29, 0.717) is 12.4 Å². The SMILES string of the molecule is Nc1nc2ccccc2cc1Cn1cccnc1=O. The number of nitrogen functional groups attached to an aromatic ring is 1. The fourth-order valence-electron chi connectivity index (χ4n) is 1.99. The molecule has 0 saturated heterocycles. The van der Waals surface area contributed by atoms with E-state index in [1.54, 1.807) is 12.3 Å². The summed E-state index contributed by atoms with van der Waals surface area (Å²) in [5, 5.41) is 1.00. The van der Waals surface area contributed by atoms with Gasteiger partial charge in [0, 0.05) is 23.3 Å². The maximum absolute atomic E-state index is 11.6. The molecule has 0 saturated carbocycles. The lowest BCUT2D eigenvalue weighted by Gasteiger charge is -2.08. The van der Waals surface area contributed by atoms with E-state index in [2.05, 4.69) is 9.97 Å². The molecule has 0 aliphatic heterocycles. The first-order chi connectivity index (χ1) is 9.24. The second-order valence-electron chi connectivity index (χ2n) is 4.26. The van der Waals surface area contributed by atoms with Crippen LogP contribution in [0.25, 0.3) is 10.9 Å². The molecule has 1 aromatic carbocycles. The molecule has 2 aromatic heterocycles. The Morgan fingerprint density at radius 2 is 2.05 bits per heavy atom. The second kappa shape index (κ2) is 4.53. The first-order valence-electron chi connectivity index (χ1n) is 5.89. The zero-order valence-corrected chi connectivity index (χ0v) is 10.2. The van der Waals surface area contributed by atoms with Crippen LogP contribution in [0.15, 0.2) is 53.6 Å². The van der Waals surface area contributed by atoms with Crippen LogP contribution >= 0.6 is 0 Å². The Hall–Kier alpha value is -2.69. The van der Waals surface area contributed by atoms with Crippen molar-refractivity contribution in [1.29, 1.82) is 0 Å². The summed E-state index contributed by atoms with van der Waals surface area (Å²) in [6.45, 7) is 0.371. The third kappa shape index (κ3) is 2.18. The number of fused-ring (bicyclic) bond motifs is 1. The highest BCUT2D eigenvalue weighted by Crippen LogP contribution is 2.18. The van der Waals surface area contributed by atoms with Gasteiger partial charge < -0.3 is 5.73 Å². The number of nitrogens with zero attached hydrogens (tertiary/aromatic N) is 3. The number of anilines is 1. The minimum absolute atomic E-state index is 0.296. The van der Waals surface area contributed by atoms with Crippen LogP contribution in [0.4, 0.5) is 5.82 Å².